The van der Waals surface area contributed by atoms with Crippen molar-refractivity contribution in [2.75, 3.05) is 31.8 Å². The van der Waals surface area contributed by atoms with Crippen LogP contribution < -0.4 is 4.72 Å². The Labute approximate surface area is 97.0 Å². The highest BCUT2D eigenvalue weighted by molar-refractivity contribution is 7.89. The minimum Gasteiger partial charge on any atom is -0.306 e. The van der Waals surface area contributed by atoms with Gasteiger partial charge in [-0.3, -0.25) is 0 Å². The van der Waals surface area contributed by atoms with Crippen molar-refractivity contribution in [1.29, 1.82) is 0 Å². The average molecular weight is 255 g/mol. The minimum absolute atomic E-state index is 0.00755. The van der Waals surface area contributed by atoms with Crippen molar-refractivity contribution < 1.29 is 8.42 Å². The van der Waals surface area contributed by atoms with E-state index in [-0.39, 0.29) is 17.7 Å². The Morgan fingerprint density at radius 3 is 2.73 bits per heavy atom. The van der Waals surface area contributed by atoms with Gasteiger partial charge in [-0.2, -0.15) is 0 Å². The highest BCUT2D eigenvalue weighted by Gasteiger charge is 2.27. The molecule has 1 saturated heterocycles. The summed E-state index contributed by atoms with van der Waals surface area (Å²) in [6.07, 6.45) is 0.874. The van der Waals surface area contributed by atoms with Gasteiger partial charge in [-0.25, -0.2) is 13.1 Å². The smallest absolute Gasteiger partial charge is 0.213 e. The van der Waals surface area contributed by atoms with E-state index in [2.05, 4.69) is 23.6 Å². The third-order valence-electron chi connectivity index (χ3n) is 2.79. The fourth-order valence-electron chi connectivity index (χ4n) is 1.92. The van der Waals surface area contributed by atoms with Crippen molar-refractivity contribution in [1.82, 2.24) is 9.62 Å². The fraction of sp³-hybridized carbons (Fsp3) is 1.00. The van der Waals surface area contributed by atoms with Crippen LogP contribution in [0.1, 0.15) is 13.3 Å². The number of piperidine rings is 1. The molecule has 2 atom stereocenters. The van der Waals surface area contributed by atoms with Gasteiger partial charge < -0.3 is 4.90 Å². The van der Waals surface area contributed by atoms with Crippen LogP contribution >= 0.6 is 11.6 Å². The maximum absolute atomic E-state index is 11.5. The number of rotatable bonds is 4. The van der Waals surface area contributed by atoms with Crippen LogP contribution in [0.3, 0.4) is 0 Å². The lowest BCUT2D eigenvalue weighted by atomic mass is 9.95. The average Bonchev–Trinajstić information content (AvgIpc) is 2.09. The van der Waals surface area contributed by atoms with Gasteiger partial charge in [-0.15, -0.1) is 11.6 Å². The molecule has 1 N–H and O–H groups in total. The maximum atomic E-state index is 11.5. The van der Waals surface area contributed by atoms with Gasteiger partial charge in [-0.05, 0) is 25.9 Å². The molecule has 15 heavy (non-hydrogen) atoms. The summed E-state index contributed by atoms with van der Waals surface area (Å²) in [4.78, 5) is 2.22. The predicted octanol–water partition coefficient (Wildman–Crippen LogP) is 0.485. The number of nitrogens with zero attached hydrogens (tertiary/aromatic N) is 1. The molecule has 1 aliphatic rings. The van der Waals surface area contributed by atoms with Crippen LogP contribution in [0.5, 0.6) is 0 Å². The van der Waals surface area contributed by atoms with Gasteiger partial charge in [0.05, 0.1) is 5.75 Å². The number of hydrogen-bond acceptors (Lipinski definition) is 3. The SMILES string of the molecule is CC1CN(C)CCC1NS(=O)(=O)CCCl. The topological polar surface area (TPSA) is 49.4 Å². The lowest BCUT2D eigenvalue weighted by Gasteiger charge is -2.34. The molecule has 0 saturated carbocycles. The Balaban J connectivity index is 2.51. The van der Waals surface area contributed by atoms with Crippen LogP contribution in [0.4, 0.5) is 0 Å². The molecule has 0 bridgehead atoms. The molecule has 1 fully saturated rings. The second-order valence-electron chi connectivity index (χ2n) is 4.26. The zero-order valence-corrected chi connectivity index (χ0v) is 10.8. The first-order valence-corrected chi connectivity index (χ1v) is 7.38. The molecule has 2 unspecified atom stereocenters. The Kier molecular flexibility index (Phi) is 4.83. The highest BCUT2D eigenvalue weighted by atomic mass is 35.5. The van der Waals surface area contributed by atoms with Gasteiger partial charge in [-0.1, -0.05) is 6.92 Å². The molecule has 0 aromatic carbocycles. The molecule has 0 aromatic rings. The summed E-state index contributed by atoms with van der Waals surface area (Å²) in [6, 6.07) is 0.0643. The van der Waals surface area contributed by atoms with Gasteiger partial charge >= 0.3 is 0 Å². The number of hydrogen-bond donors (Lipinski definition) is 1. The Hall–Kier alpha value is 0.160. The van der Waals surface area contributed by atoms with Gasteiger partial charge in [0.25, 0.3) is 0 Å². The standard InChI is InChI=1S/C9H19ClN2O2S/c1-8-7-12(2)5-3-9(8)11-15(13,14)6-4-10/h8-9,11H,3-7H2,1-2H3. The van der Waals surface area contributed by atoms with E-state index in [1.165, 1.54) is 0 Å². The number of nitrogens with one attached hydrogen (secondary N) is 1. The van der Waals surface area contributed by atoms with Crippen molar-refractivity contribution in [3.05, 3.63) is 0 Å². The summed E-state index contributed by atoms with van der Waals surface area (Å²) in [7, 11) is -1.13. The monoisotopic (exact) mass is 254 g/mol. The van der Waals surface area contributed by atoms with Crippen LogP contribution in [0, 0.1) is 5.92 Å². The molecule has 1 heterocycles. The fourth-order valence-corrected chi connectivity index (χ4v) is 3.66. The maximum Gasteiger partial charge on any atom is 0.213 e. The first-order valence-electron chi connectivity index (χ1n) is 5.19. The molecule has 1 aliphatic heterocycles. The molecule has 0 radical (unpaired) electrons. The van der Waals surface area contributed by atoms with Gasteiger partial charge in [0.15, 0.2) is 0 Å². The largest absolute Gasteiger partial charge is 0.306 e. The first-order chi connectivity index (χ1) is 6.94. The molecule has 0 spiro atoms. The third-order valence-corrected chi connectivity index (χ3v) is 4.60. The normalized spacial score (nSPS) is 29.3. The summed E-state index contributed by atoms with van der Waals surface area (Å²) in [5.41, 5.74) is 0. The van der Waals surface area contributed by atoms with E-state index in [0.717, 1.165) is 19.5 Å². The Morgan fingerprint density at radius 1 is 1.53 bits per heavy atom. The first kappa shape index (κ1) is 13.2. The molecule has 6 heteroatoms. The van der Waals surface area contributed by atoms with Crippen LogP contribution in [0.25, 0.3) is 0 Å². The lowest BCUT2D eigenvalue weighted by molar-refractivity contribution is 0.188. The van der Waals surface area contributed by atoms with Crippen molar-refractivity contribution in [3.63, 3.8) is 0 Å². The molecule has 0 amide bonds. The zero-order valence-electron chi connectivity index (χ0n) is 9.24. The van der Waals surface area contributed by atoms with Crippen molar-refractivity contribution in [2.45, 2.75) is 19.4 Å². The quantitative estimate of drug-likeness (QED) is 0.743. The summed E-state index contributed by atoms with van der Waals surface area (Å²) in [5, 5.41) is 0. The molecule has 90 valence electrons. The number of likely N-dealkylation sites (tertiary alicyclic amines) is 1. The van der Waals surface area contributed by atoms with Crippen LogP contribution in [-0.4, -0.2) is 51.1 Å². The second kappa shape index (κ2) is 5.48. The van der Waals surface area contributed by atoms with E-state index < -0.39 is 10.0 Å². The summed E-state index contributed by atoms with van der Waals surface area (Å²) in [5.74, 6) is 0.512. The molecule has 0 aliphatic carbocycles. The highest BCUT2D eigenvalue weighted by Crippen LogP contribution is 2.16. The summed E-state index contributed by atoms with van der Waals surface area (Å²) >= 11 is 5.44. The predicted molar refractivity (Wildman–Crippen MR) is 62.7 cm³/mol. The number of sulfonamides is 1. The lowest BCUT2D eigenvalue weighted by Crippen LogP contribution is -2.49. The second-order valence-corrected chi connectivity index (χ2v) is 6.51. The van der Waals surface area contributed by atoms with Gasteiger partial charge in [0, 0.05) is 18.5 Å². The van der Waals surface area contributed by atoms with Crippen molar-refractivity contribution in [3.8, 4) is 0 Å². The molecule has 4 nitrogen and oxygen atoms in total. The van der Waals surface area contributed by atoms with Crippen LogP contribution in [0.2, 0.25) is 0 Å². The molecular formula is C9H19ClN2O2S. The van der Waals surface area contributed by atoms with Gasteiger partial charge in [0.1, 0.15) is 0 Å². The van der Waals surface area contributed by atoms with E-state index in [1.54, 1.807) is 0 Å². The molecule has 1 rings (SSSR count). The van der Waals surface area contributed by atoms with Gasteiger partial charge in [0.2, 0.25) is 10.0 Å². The molecule has 0 aromatic heterocycles. The Morgan fingerprint density at radius 2 is 2.20 bits per heavy atom. The van der Waals surface area contributed by atoms with Crippen LogP contribution in [-0.2, 0) is 10.0 Å². The number of alkyl halides is 1. The summed E-state index contributed by atoms with van der Waals surface area (Å²) in [6.45, 7) is 3.95. The summed E-state index contributed by atoms with van der Waals surface area (Å²) < 4.78 is 25.8. The minimum atomic E-state index is -3.18. The van der Waals surface area contributed by atoms with Crippen molar-refractivity contribution >= 4 is 21.6 Å². The Bertz CT molecular complexity index is 294. The molecular weight excluding hydrogens is 236 g/mol. The third kappa shape index (κ3) is 4.26. The van der Waals surface area contributed by atoms with E-state index in [4.69, 9.17) is 11.6 Å². The number of halogens is 1. The van der Waals surface area contributed by atoms with Crippen LogP contribution in [0.15, 0.2) is 0 Å². The van der Waals surface area contributed by atoms with E-state index in [0.29, 0.717) is 5.92 Å². The van der Waals surface area contributed by atoms with E-state index >= 15 is 0 Å². The van der Waals surface area contributed by atoms with E-state index in [1.807, 2.05) is 0 Å². The van der Waals surface area contributed by atoms with Crippen molar-refractivity contribution in [2.24, 2.45) is 5.92 Å². The van der Waals surface area contributed by atoms with E-state index in [9.17, 15) is 8.42 Å². The zero-order chi connectivity index (χ0) is 11.5.